The van der Waals surface area contributed by atoms with Gasteiger partial charge in [-0.3, -0.25) is 9.35 Å². The molecule has 0 radical (unpaired) electrons. The lowest BCUT2D eigenvalue weighted by atomic mass is 9.98. The highest BCUT2D eigenvalue weighted by Gasteiger charge is 2.23. The Morgan fingerprint density at radius 1 is 1.42 bits per heavy atom. The van der Waals surface area contributed by atoms with Crippen molar-refractivity contribution >= 4 is 16.1 Å². The Kier molecular flexibility index (Phi) is 3.66. The van der Waals surface area contributed by atoms with E-state index in [1.165, 1.54) is 13.8 Å². The summed E-state index contributed by atoms with van der Waals surface area (Å²) in [6, 6.07) is 0. The molecule has 2 unspecified atom stereocenters. The quantitative estimate of drug-likeness (QED) is 0.628. The maximum atomic E-state index is 10.4. The molecule has 0 spiro atoms. The number of rotatable bonds is 4. The Bertz CT molecular complexity index is 255. The van der Waals surface area contributed by atoms with Crippen molar-refractivity contribution in [3.05, 3.63) is 0 Å². The van der Waals surface area contributed by atoms with Crippen molar-refractivity contribution in [2.75, 3.05) is 5.75 Å². The van der Waals surface area contributed by atoms with Gasteiger partial charge in [-0.25, -0.2) is 0 Å². The Morgan fingerprint density at radius 2 is 1.83 bits per heavy atom. The van der Waals surface area contributed by atoms with Crippen molar-refractivity contribution in [1.82, 2.24) is 0 Å². The smallest absolute Gasteiger partial charge is 0.306 e. The fraction of sp³-hybridized carbons (Fsp3) is 0.833. The van der Waals surface area contributed by atoms with Gasteiger partial charge in [-0.15, -0.1) is 0 Å². The molecule has 0 bridgehead atoms. The third-order valence-corrected chi connectivity index (χ3v) is 2.66. The van der Waals surface area contributed by atoms with Crippen LogP contribution in [-0.4, -0.2) is 29.8 Å². The van der Waals surface area contributed by atoms with Crippen LogP contribution in [0.5, 0.6) is 0 Å². The van der Waals surface area contributed by atoms with Crippen LogP contribution >= 0.6 is 0 Å². The zero-order valence-electron chi connectivity index (χ0n) is 6.89. The zero-order valence-corrected chi connectivity index (χ0v) is 7.71. The minimum absolute atomic E-state index is 0.513. The summed E-state index contributed by atoms with van der Waals surface area (Å²) >= 11 is 0. The van der Waals surface area contributed by atoms with Gasteiger partial charge in [-0.05, 0) is 5.92 Å². The van der Waals surface area contributed by atoms with E-state index in [-0.39, 0.29) is 0 Å². The summed E-state index contributed by atoms with van der Waals surface area (Å²) in [5.41, 5.74) is 0. The lowest BCUT2D eigenvalue weighted by Crippen LogP contribution is -2.24. The predicted molar refractivity (Wildman–Crippen MR) is 42.4 cm³/mol. The van der Waals surface area contributed by atoms with Crippen LogP contribution in [0.3, 0.4) is 0 Å². The molecular weight excluding hydrogens is 184 g/mol. The van der Waals surface area contributed by atoms with Gasteiger partial charge in [0.05, 0.1) is 11.7 Å². The summed E-state index contributed by atoms with van der Waals surface area (Å²) in [7, 11) is -4.07. The molecule has 0 fully saturated rings. The molecule has 0 saturated heterocycles. The molecule has 0 aliphatic carbocycles. The second-order valence-electron chi connectivity index (χ2n) is 2.85. The standard InChI is InChI=1S/C6H12O5S/c1-4(3-12(9,10)11)5(2)6(7)8/h4-5H,3H2,1-2H3,(H,7,8)(H,9,10,11). The molecule has 0 aromatic heterocycles. The molecular formula is C6H12O5S. The molecule has 0 aliphatic heterocycles. The third-order valence-electron chi connectivity index (χ3n) is 1.72. The number of aliphatic carboxylic acids is 1. The first-order valence-corrected chi connectivity index (χ1v) is 5.03. The minimum atomic E-state index is -4.07. The van der Waals surface area contributed by atoms with Crippen LogP contribution in [0.2, 0.25) is 0 Å². The van der Waals surface area contributed by atoms with E-state index in [0.29, 0.717) is 0 Å². The van der Waals surface area contributed by atoms with Crippen molar-refractivity contribution in [3.8, 4) is 0 Å². The van der Waals surface area contributed by atoms with E-state index in [0.717, 1.165) is 0 Å². The van der Waals surface area contributed by atoms with E-state index in [4.69, 9.17) is 9.66 Å². The topological polar surface area (TPSA) is 91.7 Å². The number of hydrogen-bond donors (Lipinski definition) is 2. The largest absolute Gasteiger partial charge is 0.481 e. The molecule has 12 heavy (non-hydrogen) atoms. The first-order valence-electron chi connectivity index (χ1n) is 3.42. The van der Waals surface area contributed by atoms with Gasteiger partial charge in [-0.1, -0.05) is 13.8 Å². The van der Waals surface area contributed by atoms with Gasteiger partial charge >= 0.3 is 5.97 Å². The number of carboxylic acids is 1. The minimum Gasteiger partial charge on any atom is -0.481 e. The van der Waals surface area contributed by atoms with E-state index in [1.54, 1.807) is 0 Å². The van der Waals surface area contributed by atoms with E-state index in [1.807, 2.05) is 0 Å². The van der Waals surface area contributed by atoms with Crippen molar-refractivity contribution in [2.24, 2.45) is 11.8 Å². The van der Waals surface area contributed by atoms with Gasteiger partial charge in [-0.2, -0.15) is 8.42 Å². The highest BCUT2D eigenvalue weighted by molar-refractivity contribution is 7.85. The van der Waals surface area contributed by atoms with Gasteiger partial charge < -0.3 is 5.11 Å². The van der Waals surface area contributed by atoms with Crippen molar-refractivity contribution in [1.29, 1.82) is 0 Å². The van der Waals surface area contributed by atoms with Crippen LogP contribution < -0.4 is 0 Å². The summed E-state index contributed by atoms with van der Waals surface area (Å²) in [5, 5.41) is 8.47. The van der Waals surface area contributed by atoms with Crippen LogP contribution in [-0.2, 0) is 14.9 Å². The number of carboxylic acid groups (broad SMARTS) is 1. The highest BCUT2D eigenvalue weighted by atomic mass is 32.2. The fourth-order valence-electron chi connectivity index (χ4n) is 0.720. The summed E-state index contributed by atoms with van der Waals surface area (Å²) in [5.74, 6) is -2.93. The fourth-order valence-corrected chi connectivity index (χ4v) is 1.67. The van der Waals surface area contributed by atoms with Gasteiger partial charge in [0.1, 0.15) is 0 Å². The van der Waals surface area contributed by atoms with Crippen LogP contribution in [0.15, 0.2) is 0 Å². The molecule has 72 valence electrons. The average molecular weight is 196 g/mol. The normalized spacial score (nSPS) is 16.9. The zero-order chi connectivity index (χ0) is 9.94. The first kappa shape index (κ1) is 11.4. The predicted octanol–water partition coefficient (Wildman–Crippen LogP) is 0.231. The monoisotopic (exact) mass is 196 g/mol. The Balaban J connectivity index is 4.23. The van der Waals surface area contributed by atoms with Crippen LogP contribution in [0.25, 0.3) is 0 Å². The first-order chi connectivity index (χ1) is 5.24. The molecule has 2 atom stereocenters. The van der Waals surface area contributed by atoms with Crippen molar-refractivity contribution in [3.63, 3.8) is 0 Å². The summed E-state index contributed by atoms with van der Waals surface area (Å²) in [6.07, 6.45) is 0. The SMILES string of the molecule is CC(CS(=O)(=O)O)C(C)C(=O)O. The molecule has 0 aliphatic rings. The summed E-state index contributed by atoms with van der Waals surface area (Å²) < 4.78 is 29.1. The second kappa shape index (κ2) is 3.86. The number of carbonyl (C=O) groups is 1. The maximum absolute atomic E-state index is 10.4. The summed E-state index contributed by atoms with van der Waals surface area (Å²) in [4.78, 5) is 10.4. The Labute approximate surface area is 71.1 Å². The molecule has 0 heterocycles. The lowest BCUT2D eigenvalue weighted by molar-refractivity contribution is -0.142. The van der Waals surface area contributed by atoms with E-state index >= 15 is 0 Å². The van der Waals surface area contributed by atoms with E-state index < -0.39 is 33.7 Å². The van der Waals surface area contributed by atoms with Crippen LogP contribution in [0.4, 0.5) is 0 Å². The molecule has 0 amide bonds. The molecule has 0 aromatic rings. The highest BCUT2D eigenvalue weighted by Crippen LogP contribution is 2.12. The molecule has 0 rings (SSSR count). The molecule has 2 N–H and O–H groups in total. The summed E-state index contributed by atoms with van der Waals surface area (Å²) in [6.45, 7) is 2.87. The molecule has 0 saturated carbocycles. The third kappa shape index (κ3) is 4.30. The van der Waals surface area contributed by atoms with Gasteiger partial charge in [0, 0.05) is 0 Å². The Hall–Kier alpha value is -0.620. The molecule has 5 nitrogen and oxygen atoms in total. The molecule has 6 heteroatoms. The average Bonchev–Trinajstić information content (AvgIpc) is 1.82. The second-order valence-corrected chi connectivity index (χ2v) is 4.35. The molecule has 0 aromatic carbocycles. The van der Waals surface area contributed by atoms with Crippen LogP contribution in [0.1, 0.15) is 13.8 Å². The maximum Gasteiger partial charge on any atom is 0.306 e. The van der Waals surface area contributed by atoms with Crippen molar-refractivity contribution in [2.45, 2.75) is 13.8 Å². The number of hydrogen-bond acceptors (Lipinski definition) is 3. The van der Waals surface area contributed by atoms with Crippen LogP contribution in [0, 0.1) is 11.8 Å². The Morgan fingerprint density at radius 3 is 2.08 bits per heavy atom. The van der Waals surface area contributed by atoms with Gasteiger partial charge in [0.25, 0.3) is 10.1 Å². The van der Waals surface area contributed by atoms with E-state index in [9.17, 15) is 13.2 Å². The van der Waals surface area contributed by atoms with E-state index in [2.05, 4.69) is 0 Å². The van der Waals surface area contributed by atoms with Gasteiger partial charge in [0.2, 0.25) is 0 Å². The van der Waals surface area contributed by atoms with Gasteiger partial charge in [0.15, 0.2) is 0 Å². The van der Waals surface area contributed by atoms with Crippen molar-refractivity contribution < 1.29 is 22.9 Å². The lowest BCUT2D eigenvalue weighted by Gasteiger charge is -2.13.